The first-order valence-corrected chi connectivity index (χ1v) is 11.3. The zero-order valence-electron chi connectivity index (χ0n) is 16.7. The van der Waals surface area contributed by atoms with Gasteiger partial charge in [-0.2, -0.15) is 0 Å². The first-order valence-electron chi connectivity index (χ1n) is 10.1. The molecule has 0 saturated carbocycles. The second kappa shape index (κ2) is 10.3. The maximum atomic E-state index is 12.3. The summed E-state index contributed by atoms with van der Waals surface area (Å²) in [6.45, 7) is 4.93. The topological polar surface area (TPSA) is 70.7 Å². The molecule has 0 aliphatic carbocycles. The highest BCUT2D eigenvalue weighted by atomic mass is 32.2. The maximum absolute atomic E-state index is 12.3. The standard InChI is InChI=1S/C21H31N3O3S/c1-28-18-4-2-17(3-5-18)16-21(9-7-20(26)23-21)8-6-19(25)22-10-11-24-12-14-27-15-13-24/h2-5H,6-16H2,1H3,(H,22,25)(H,23,26)/t21-/m0/s1. The average molecular weight is 406 g/mol. The number of thioether (sulfide) groups is 1. The number of nitrogens with zero attached hydrogens (tertiary/aromatic N) is 1. The fourth-order valence-electron chi connectivity index (χ4n) is 3.94. The first kappa shape index (κ1) is 21.1. The number of hydrogen-bond donors (Lipinski definition) is 2. The maximum Gasteiger partial charge on any atom is 0.220 e. The largest absolute Gasteiger partial charge is 0.379 e. The molecule has 2 amide bonds. The van der Waals surface area contributed by atoms with Crippen LogP contribution in [0.15, 0.2) is 29.2 Å². The molecule has 154 valence electrons. The Morgan fingerprint density at radius 3 is 2.68 bits per heavy atom. The Kier molecular flexibility index (Phi) is 7.76. The third kappa shape index (κ3) is 6.22. The minimum atomic E-state index is -0.306. The van der Waals surface area contributed by atoms with Gasteiger partial charge < -0.3 is 15.4 Å². The van der Waals surface area contributed by atoms with Crippen molar-refractivity contribution >= 4 is 23.6 Å². The van der Waals surface area contributed by atoms with Crippen LogP contribution in [-0.4, -0.2) is 67.9 Å². The lowest BCUT2D eigenvalue weighted by molar-refractivity contribution is -0.122. The lowest BCUT2D eigenvalue weighted by Gasteiger charge is -2.29. The van der Waals surface area contributed by atoms with Crippen LogP contribution in [0.1, 0.15) is 31.2 Å². The molecule has 1 atom stereocenters. The zero-order valence-corrected chi connectivity index (χ0v) is 17.5. The van der Waals surface area contributed by atoms with Crippen LogP contribution in [0.3, 0.4) is 0 Å². The number of amides is 2. The summed E-state index contributed by atoms with van der Waals surface area (Å²) >= 11 is 1.72. The molecule has 3 rings (SSSR count). The van der Waals surface area contributed by atoms with E-state index in [1.807, 2.05) is 0 Å². The number of hydrogen-bond acceptors (Lipinski definition) is 5. The Bertz CT molecular complexity index is 661. The molecule has 2 saturated heterocycles. The number of benzene rings is 1. The molecule has 1 aromatic rings. The van der Waals surface area contributed by atoms with Crippen LogP contribution in [0.4, 0.5) is 0 Å². The number of rotatable bonds is 9. The van der Waals surface area contributed by atoms with Gasteiger partial charge in [-0.05, 0) is 43.2 Å². The first-order chi connectivity index (χ1) is 13.6. The summed E-state index contributed by atoms with van der Waals surface area (Å²) in [7, 11) is 0. The van der Waals surface area contributed by atoms with Crippen LogP contribution < -0.4 is 10.6 Å². The van der Waals surface area contributed by atoms with Crippen molar-refractivity contribution in [3.8, 4) is 0 Å². The van der Waals surface area contributed by atoms with Crippen molar-refractivity contribution < 1.29 is 14.3 Å². The van der Waals surface area contributed by atoms with Crippen molar-refractivity contribution in [3.05, 3.63) is 29.8 Å². The van der Waals surface area contributed by atoms with Gasteiger partial charge in [-0.3, -0.25) is 14.5 Å². The summed E-state index contributed by atoms with van der Waals surface area (Å²) in [5.74, 6) is 0.153. The van der Waals surface area contributed by atoms with Crippen LogP contribution in [0, 0.1) is 0 Å². The molecule has 1 aromatic carbocycles. The summed E-state index contributed by atoms with van der Waals surface area (Å²) in [6.07, 6.45) is 5.28. The SMILES string of the molecule is CSc1ccc(C[C@]2(CCC(=O)NCCN3CCOCC3)CCC(=O)N2)cc1. The Balaban J connectivity index is 1.47. The monoisotopic (exact) mass is 405 g/mol. The Morgan fingerprint density at radius 1 is 1.29 bits per heavy atom. The normalized spacial score (nSPS) is 22.8. The van der Waals surface area contributed by atoms with E-state index in [1.165, 1.54) is 10.5 Å². The van der Waals surface area contributed by atoms with Crippen molar-refractivity contribution in [1.29, 1.82) is 0 Å². The van der Waals surface area contributed by atoms with Crippen LogP contribution >= 0.6 is 11.8 Å². The van der Waals surface area contributed by atoms with E-state index in [2.05, 4.69) is 46.1 Å². The van der Waals surface area contributed by atoms with Gasteiger partial charge in [0.1, 0.15) is 0 Å². The van der Waals surface area contributed by atoms with E-state index in [0.717, 1.165) is 45.7 Å². The molecule has 7 heteroatoms. The number of nitrogens with one attached hydrogen (secondary N) is 2. The number of ether oxygens (including phenoxy) is 1. The Morgan fingerprint density at radius 2 is 2.04 bits per heavy atom. The highest BCUT2D eigenvalue weighted by Gasteiger charge is 2.37. The molecule has 2 heterocycles. The number of carbonyl (C=O) groups is 2. The van der Waals surface area contributed by atoms with E-state index < -0.39 is 0 Å². The van der Waals surface area contributed by atoms with Crippen molar-refractivity contribution in [2.24, 2.45) is 0 Å². The summed E-state index contributed by atoms with van der Waals surface area (Å²) in [5.41, 5.74) is 0.896. The van der Waals surface area contributed by atoms with Crippen LogP contribution in [0.2, 0.25) is 0 Å². The third-order valence-electron chi connectivity index (χ3n) is 5.62. The Labute approximate surface area is 171 Å². The van der Waals surface area contributed by atoms with Gasteiger partial charge in [-0.15, -0.1) is 11.8 Å². The molecule has 2 aliphatic heterocycles. The molecule has 2 fully saturated rings. The van der Waals surface area contributed by atoms with Gasteiger partial charge in [0.15, 0.2) is 0 Å². The molecular formula is C21H31N3O3S. The molecule has 0 spiro atoms. The Hall–Kier alpha value is -1.57. The van der Waals surface area contributed by atoms with Gasteiger partial charge in [0.05, 0.1) is 13.2 Å². The predicted octanol–water partition coefficient (Wildman–Crippen LogP) is 1.83. The lowest BCUT2D eigenvalue weighted by atomic mass is 9.85. The van der Waals surface area contributed by atoms with E-state index in [4.69, 9.17) is 4.74 Å². The quantitative estimate of drug-likeness (QED) is 0.614. The van der Waals surface area contributed by atoms with Gasteiger partial charge in [0.25, 0.3) is 0 Å². The minimum Gasteiger partial charge on any atom is -0.379 e. The zero-order chi connectivity index (χ0) is 19.8. The average Bonchev–Trinajstić information content (AvgIpc) is 3.08. The molecule has 6 nitrogen and oxygen atoms in total. The van der Waals surface area contributed by atoms with Crippen LogP contribution in [-0.2, 0) is 20.7 Å². The number of carbonyl (C=O) groups excluding carboxylic acids is 2. The van der Waals surface area contributed by atoms with Crippen LogP contribution in [0.5, 0.6) is 0 Å². The van der Waals surface area contributed by atoms with Crippen molar-refractivity contribution in [2.45, 2.75) is 42.5 Å². The molecule has 28 heavy (non-hydrogen) atoms. The van der Waals surface area contributed by atoms with Crippen LogP contribution in [0.25, 0.3) is 0 Å². The molecule has 2 aliphatic rings. The van der Waals surface area contributed by atoms with E-state index in [-0.39, 0.29) is 17.4 Å². The fourth-order valence-corrected chi connectivity index (χ4v) is 4.34. The van der Waals surface area contributed by atoms with Crippen molar-refractivity contribution in [2.75, 3.05) is 45.6 Å². The van der Waals surface area contributed by atoms with E-state index in [9.17, 15) is 9.59 Å². The molecule has 0 aromatic heterocycles. The lowest BCUT2D eigenvalue weighted by Crippen LogP contribution is -2.45. The molecule has 0 unspecified atom stereocenters. The van der Waals surface area contributed by atoms with E-state index in [1.54, 1.807) is 11.8 Å². The third-order valence-corrected chi connectivity index (χ3v) is 6.36. The predicted molar refractivity (Wildman–Crippen MR) is 112 cm³/mol. The molecule has 2 N–H and O–H groups in total. The van der Waals surface area contributed by atoms with Crippen molar-refractivity contribution in [3.63, 3.8) is 0 Å². The molecule has 0 bridgehead atoms. The van der Waals surface area contributed by atoms with Gasteiger partial charge >= 0.3 is 0 Å². The summed E-state index contributed by atoms with van der Waals surface area (Å²) in [5, 5.41) is 6.19. The molecular weight excluding hydrogens is 374 g/mol. The van der Waals surface area contributed by atoms with E-state index in [0.29, 0.717) is 25.8 Å². The number of morpholine rings is 1. The van der Waals surface area contributed by atoms with Gasteiger partial charge in [-0.25, -0.2) is 0 Å². The summed E-state index contributed by atoms with van der Waals surface area (Å²) in [6, 6.07) is 8.48. The van der Waals surface area contributed by atoms with Gasteiger partial charge in [-0.1, -0.05) is 12.1 Å². The van der Waals surface area contributed by atoms with Gasteiger partial charge in [0, 0.05) is 49.5 Å². The highest BCUT2D eigenvalue weighted by molar-refractivity contribution is 7.98. The molecule has 0 radical (unpaired) electrons. The van der Waals surface area contributed by atoms with Gasteiger partial charge in [0.2, 0.25) is 11.8 Å². The fraction of sp³-hybridized carbons (Fsp3) is 0.619. The minimum absolute atomic E-state index is 0.0616. The summed E-state index contributed by atoms with van der Waals surface area (Å²) < 4.78 is 5.34. The van der Waals surface area contributed by atoms with Crippen molar-refractivity contribution in [1.82, 2.24) is 15.5 Å². The summed E-state index contributed by atoms with van der Waals surface area (Å²) in [4.78, 5) is 27.8. The van der Waals surface area contributed by atoms with E-state index >= 15 is 0 Å². The smallest absolute Gasteiger partial charge is 0.220 e. The second-order valence-corrected chi connectivity index (χ2v) is 8.54. The second-order valence-electron chi connectivity index (χ2n) is 7.66. The highest BCUT2D eigenvalue weighted by Crippen LogP contribution is 2.30.